The molecule has 2 aromatic heterocycles. The highest BCUT2D eigenvalue weighted by Crippen LogP contribution is 2.33. The number of hydrogen-bond donors (Lipinski definition) is 1. The van der Waals surface area contributed by atoms with Crippen molar-refractivity contribution < 1.29 is 0 Å². The van der Waals surface area contributed by atoms with E-state index in [1.807, 2.05) is 30.9 Å². The van der Waals surface area contributed by atoms with Crippen LogP contribution in [0.3, 0.4) is 0 Å². The molecule has 0 spiro atoms. The number of aromatic nitrogens is 5. The summed E-state index contributed by atoms with van der Waals surface area (Å²) >= 11 is 0. The predicted molar refractivity (Wildman–Crippen MR) is 104 cm³/mol. The molecule has 0 bridgehead atoms. The van der Waals surface area contributed by atoms with Gasteiger partial charge in [0.2, 0.25) is 0 Å². The van der Waals surface area contributed by atoms with Gasteiger partial charge in [0.1, 0.15) is 18.5 Å². The summed E-state index contributed by atoms with van der Waals surface area (Å²) in [6.45, 7) is 0. The van der Waals surface area contributed by atoms with Crippen LogP contribution in [0.1, 0.15) is 49.4 Å². The Morgan fingerprint density at radius 3 is 2.44 bits per heavy atom. The van der Waals surface area contributed by atoms with Gasteiger partial charge in [-0.1, -0.05) is 30.3 Å². The van der Waals surface area contributed by atoms with Crippen LogP contribution < -0.4 is 5.32 Å². The Morgan fingerprint density at radius 2 is 1.67 bits per heavy atom. The van der Waals surface area contributed by atoms with Crippen molar-refractivity contribution in [3.05, 3.63) is 54.2 Å². The lowest BCUT2D eigenvalue weighted by atomic mass is 9.91. The average molecular weight is 360 g/mol. The zero-order valence-corrected chi connectivity index (χ0v) is 15.4. The van der Waals surface area contributed by atoms with Crippen molar-refractivity contribution in [2.24, 2.45) is 0 Å². The topological polar surface area (TPSA) is 68.5 Å². The molecule has 0 saturated heterocycles. The molecule has 5 rings (SSSR count). The number of hydrogen-bond acceptors (Lipinski definition) is 5. The van der Waals surface area contributed by atoms with E-state index in [2.05, 4.69) is 32.2 Å². The van der Waals surface area contributed by atoms with Crippen molar-refractivity contribution in [1.29, 1.82) is 0 Å². The van der Waals surface area contributed by atoms with E-state index in [-0.39, 0.29) is 0 Å². The molecule has 0 unspecified atom stereocenters. The van der Waals surface area contributed by atoms with E-state index in [9.17, 15) is 0 Å². The SMILES string of the molecule is c1ccc(-c2nc3c(c(NC4CCC(n5cnnc5)CC4)n2)CCC3)cc1. The van der Waals surface area contributed by atoms with E-state index >= 15 is 0 Å². The second-order valence-electron chi connectivity index (χ2n) is 7.60. The molecule has 0 radical (unpaired) electrons. The van der Waals surface area contributed by atoms with Gasteiger partial charge in [-0.15, -0.1) is 10.2 Å². The molecular formula is C21H24N6. The molecule has 2 aliphatic rings. The monoisotopic (exact) mass is 360 g/mol. The Bertz CT molecular complexity index is 898. The molecule has 6 nitrogen and oxygen atoms in total. The Labute approximate surface area is 159 Å². The summed E-state index contributed by atoms with van der Waals surface area (Å²) in [7, 11) is 0. The van der Waals surface area contributed by atoms with E-state index in [1.54, 1.807) is 0 Å². The summed E-state index contributed by atoms with van der Waals surface area (Å²) in [5.41, 5.74) is 3.65. The molecule has 2 heterocycles. The van der Waals surface area contributed by atoms with Crippen molar-refractivity contribution in [3.63, 3.8) is 0 Å². The molecule has 27 heavy (non-hydrogen) atoms. The lowest BCUT2D eigenvalue weighted by Crippen LogP contribution is -2.28. The van der Waals surface area contributed by atoms with Crippen molar-refractivity contribution in [1.82, 2.24) is 24.7 Å². The largest absolute Gasteiger partial charge is 0.367 e. The summed E-state index contributed by atoms with van der Waals surface area (Å²) in [4.78, 5) is 9.78. The molecular weight excluding hydrogens is 336 g/mol. The standard InChI is InChI=1S/C21H24N6/c1-2-5-15(6-3-1)20-25-19-8-4-7-18(19)21(26-20)24-16-9-11-17(12-10-16)27-13-22-23-14-27/h1-3,5-6,13-14,16-17H,4,7-12H2,(H,24,25,26). The van der Waals surface area contributed by atoms with Crippen LogP contribution in [-0.4, -0.2) is 30.8 Å². The minimum Gasteiger partial charge on any atom is -0.367 e. The number of nitrogens with one attached hydrogen (secondary N) is 1. The number of fused-ring (bicyclic) bond motifs is 1. The third-order valence-corrected chi connectivity index (χ3v) is 5.86. The maximum atomic E-state index is 4.93. The van der Waals surface area contributed by atoms with E-state index in [4.69, 9.17) is 9.97 Å². The van der Waals surface area contributed by atoms with Crippen molar-refractivity contribution in [3.8, 4) is 11.4 Å². The van der Waals surface area contributed by atoms with Gasteiger partial charge >= 0.3 is 0 Å². The molecule has 0 aliphatic heterocycles. The number of aryl methyl sites for hydroxylation is 1. The first-order valence-electron chi connectivity index (χ1n) is 9.92. The quantitative estimate of drug-likeness (QED) is 0.766. The first kappa shape index (κ1) is 16.4. The van der Waals surface area contributed by atoms with Gasteiger partial charge in [0.15, 0.2) is 5.82 Å². The number of anilines is 1. The molecule has 1 N–H and O–H groups in total. The molecule has 0 atom stereocenters. The summed E-state index contributed by atoms with van der Waals surface area (Å²) in [5.74, 6) is 1.90. The summed E-state index contributed by atoms with van der Waals surface area (Å²) in [6, 6.07) is 11.3. The van der Waals surface area contributed by atoms with E-state index in [0.717, 1.165) is 55.7 Å². The maximum Gasteiger partial charge on any atom is 0.161 e. The molecule has 1 saturated carbocycles. The molecule has 1 aromatic carbocycles. The molecule has 138 valence electrons. The fourth-order valence-electron chi connectivity index (χ4n) is 4.38. The van der Waals surface area contributed by atoms with Gasteiger partial charge < -0.3 is 9.88 Å². The van der Waals surface area contributed by atoms with Crippen LogP contribution in [0.15, 0.2) is 43.0 Å². The fraction of sp³-hybridized carbons (Fsp3) is 0.429. The minimum absolute atomic E-state index is 0.473. The van der Waals surface area contributed by atoms with Crippen LogP contribution in [0.2, 0.25) is 0 Å². The van der Waals surface area contributed by atoms with Gasteiger partial charge in [-0.3, -0.25) is 0 Å². The Kier molecular flexibility index (Phi) is 4.32. The predicted octanol–water partition coefficient (Wildman–Crippen LogP) is 3.82. The number of benzene rings is 1. The number of rotatable bonds is 4. The minimum atomic E-state index is 0.473. The summed E-state index contributed by atoms with van der Waals surface area (Å²) in [5, 5.41) is 11.7. The van der Waals surface area contributed by atoms with Crippen LogP contribution in [0, 0.1) is 0 Å². The van der Waals surface area contributed by atoms with E-state index < -0.39 is 0 Å². The highest BCUT2D eigenvalue weighted by molar-refractivity contribution is 5.60. The van der Waals surface area contributed by atoms with Crippen LogP contribution in [0.4, 0.5) is 5.82 Å². The molecule has 2 aliphatic carbocycles. The normalized spacial score (nSPS) is 21.8. The van der Waals surface area contributed by atoms with Gasteiger partial charge in [0.05, 0.1) is 0 Å². The number of nitrogens with zero attached hydrogens (tertiary/aromatic N) is 5. The van der Waals surface area contributed by atoms with Gasteiger partial charge in [-0.25, -0.2) is 9.97 Å². The van der Waals surface area contributed by atoms with Crippen molar-refractivity contribution in [2.75, 3.05) is 5.32 Å². The zero-order valence-electron chi connectivity index (χ0n) is 15.4. The molecule has 0 amide bonds. The smallest absolute Gasteiger partial charge is 0.161 e. The lowest BCUT2D eigenvalue weighted by molar-refractivity contribution is 0.333. The van der Waals surface area contributed by atoms with Crippen LogP contribution in [0.5, 0.6) is 0 Å². The van der Waals surface area contributed by atoms with Gasteiger partial charge in [-0.2, -0.15) is 0 Å². The van der Waals surface area contributed by atoms with Gasteiger partial charge in [0.25, 0.3) is 0 Å². The van der Waals surface area contributed by atoms with Gasteiger partial charge in [0, 0.05) is 28.9 Å². The zero-order chi connectivity index (χ0) is 18.1. The Balaban J connectivity index is 1.35. The average Bonchev–Trinajstić information content (AvgIpc) is 3.41. The Morgan fingerprint density at radius 1 is 0.889 bits per heavy atom. The van der Waals surface area contributed by atoms with Crippen LogP contribution in [0.25, 0.3) is 11.4 Å². The first-order chi connectivity index (χ1) is 13.4. The second-order valence-corrected chi connectivity index (χ2v) is 7.60. The van der Waals surface area contributed by atoms with E-state index in [1.165, 1.54) is 17.7 Å². The second kappa shape index (κ2) is 7.10. The van der Waals surface area contributed by atoms with E-state index in [0.29, 0.717) is 12.1 Å². The molecule has 3 aromatic rings. The van der Waals surface area contributed by atoms with Crippen LogP contribution in [-0.2, 0) is 12.8 Å². The van der Waals surface area contributed by atoms with Crippen molar-refractivity contribution in [2.45, 2.75) is 57.0 Å². The van der Waals surface area contributed by atoms with Gasteiger partial charge in [-0.05, 0) is 44.9 Å². The Hall–Kier alpha value is -2.76. The first-order valence-corrected chi connectivity index (χ1v) is 9.92. The highest BCUT2D eigenvalue weighted by Gasteiger charge is 2.25. The fourth-order valence-corrected chi connectivity index (χ4v) is 4.38. The lowest BCUT2D eigenvalue weighted by Gasteiger charge is -2.30. The summed E-state index contributed by atoms with van der Waals surface area (Å²) in [6.07, 6.45) is 11.6. The molecule has 1 fully saturated rings. The van der Waals surface area contributed by atoms with Crippen molar-refractivity contribution >= 4 is 5.82 Å². The third-order valence-electron chi connectivity index (χ3n) is 5.86. The highest BCUT2D eigenvalue weighted by atomic mass is 15.2. The molecule has 6 heteroatoms. The summed E-state index contributed by atoms with van der Waals surface area (Å²) < 4.78 is 2.14. The maximum absolute atomic E-state index is 4.93. The van der Waals surface area contributed by atoms with Crippen LogP contribution >= 0.6 is 0 Å². The third kappa shape index (κ3) is 3.31.